The van der Waals surface area contributed by atoms with Gasteiger partial charge in [-0.3, -0.25) is 4.79 Å². The number of carbonyl (C=O) groups is 1. The molecule has 1 aliphatic rings. The molecule has 16 heavy (non-hydrogen) atoms. The molecule has 1 fully saturated rings. The monoisotopic (exact) mass is 242 g/mol. The second-order valence-corrected chi connectivity index (χ2v) is 4.20. The van der Waals surface area contributed by atoms with Gasteiger partial charge in [-0.15, -0.1) is 0 Å². The first-order valence-electron chi connectivity index (χ1n) is 5.16. The molecule has 0 radical (unpaired) electrons. The number of anilines is 1. The van der Waals surface area contributed by atoms with Crippen LogP contribution in [0.2, 0.25) is 5.02 Å². The van der Waals surface area contributed by atoms with Crippen molar-refractivity contribution in [2.45, 2.75) is 18.9 Å². The van der Waals surface area contributed by atoms with Crippen molar-refractivity contribution in [3.8, 4) is 0 Å². The summed E-state index contributed by atoms with van der Waals surface area (Å²) in [6.45, 7) is 0.835. The first-order chi connectivity index (χ1) is 7.66. The van der Waals surface area contributed by atoms with E-state index < -0.39 is 5.82 Å². The Hall–Kier alpha value is -1.13. The van der Waals surface area contributed by atoms with Gasteiger partial charge in [0, 0.05) is 5.02 Å². The molecular weight excluding hydrogens is 231 g/mol. The smallest absolute Gasteiger partial charge is 0.241 e. The zero-order chi connectivity index (χ0) is 11.5. The lowest BCUT2D eigenvalue weighted by molar-refractivity contribution is -0.117. The number of amides is 1. The number of nitrogens with one attached hydrogen (secondary N) is 2. The molecule has 1 saturated heterocycles. The maximum absolute atomic E-state index is 13.4. The average molecular weight is 243 g/mol. The highest BCUT2D eigenvalue weighted by Crippen LogP contribution is 2.19. The van der Waals surface area contributed by atoms with E-state index >= 15 is 0 Å². The van der Waals surface area contributed by atoms with E-state index in [1.54, 1.807) is 6.07 Å². The molecule has 1 heterocycles. The summed E-state index contributed by atoms with van der Waals surface area (Å²) < 4.78 is 13.4. The van der Waals surface area contributed by atoms with Crippen molar-refractivity contribution >= 4 is 23.2 Å². The van der Waals surface area contributed by atoms with Gasteiger partial charge in [-0.2, -0.15) is 0 Å². The van der Waals surface area contributed by atoms with E-state index in [0.717, 1.165) is 19.4 Å². The lowest BCUT2D eigenvalue weighted by atomic mass is 10.2. The van der Waals surface area contributed by atoms with Gasteiger partial charge in [-0.1, -0.05) is 11.6 Å². The Balaban J connectivity index is 2.05. The summed E-state index contributed by atoms with van der Waals surface area (Å²) in [7, 11) is 0. The Labute approximate surface area is 98.0 Å². The summed E-state index contributed by atoms with van der Waals surface area (Å²) in [6.07, 6.45) is 1.77. The van der Waals surface area contributed by atoms with Gasteiger partial charge >= 0.3 is 0 Å². The lowest BCUT2D eigenvalue weighted by Crippen LogP contribution is -2.35. The zero-order valence-electron chi connectivity index (χ0n) is 8.59. The van der Waals surface area contributed by atoms with E-state index in [9.17, 15) is 9.18 Å². The minimum atomic E-state index is -0.515. The fourth-order valence-electron chi connectivity index (χ4n) is 1.72. The number of hydrogen-bond acceptors (Lipinski definition) is 2. The first kappa shape index (κ1) is 11.4. The molecule has 3 nitrogen and oxygen atoms in total. The second-order valence-electron chi connectivity index (χ2n) is 3.76. The molecule has 1 aromatic rings. The summed E-state index contributed by atoms with van der Waals surface area (Å²) in [5.74, 6) is -0.711. The predicted molar refractivity (Wildman–Crippen MR) is 61.1 cm³/mol. The summed E-state index contributed by atoms with van der Waals surface area (Å²) in [6, 6.07) is 3.97. The fourth-order valence-corrected chi connectivity index (χ4v) is 1.88. The molecule has 5 heteroatoms. The molecule has 0 aliphatic carbocycles. The van der Waals surface area contributed by atoms with Crippen molar-refractivity contribution in [2.24, 2.45) is 0 Å². The number of benzene rings is 1. The number of halogens is 2. The maximum atomic E-state index is 13.4. The van der Waals surface area contributed by atoms with Crippen LogP contribution in [0.25, 0.3) is 0 Å². The topological polar surface area (TPSA) is 41.1 Å². The van der Waals surface area contributed by atoms with Crippen molar-refractivity contribution in [2.75, 3.05) is 11.9 Å². The highest BCUT2D eigenvalue weighted by atomic mass is 35.5. The highest BCUT2D eigenvalue weighted by Gasteiger charge is 2.22. The predicted octanol–water partition coefficient (Wildman–Crippen LogP) is 2.17. The third-order valence-corrected chi connectivity index (χ3v) is 2.80. The number of carbonyl (C=O) groups excluding carboxylic acids is 1. The molecule has 0 aromatic heterocycles. The van der Waals surface area contributed by atoms with Gasteiger partial charge in [0.05, 0.1) is 11.7 Å². The third-order valence-electron chi connectivity index (χ3n) is 2.57. The normalized spacial score (nSPS) is 19.8. The van der Waals surface area contributed by atoms with Crippen LogP contribution in [0.15, 0.2) is 18.2 Å². The first-order valence-corrected chi connectivity index (χ1v) is 5.54. The quantitative estimate of drug-likeness (QED) is 0.835. The van der Waals surface area contributed by atoms with Gasteiger partial charge in [-0.05, 0) is 37.6 Å². The van der Waals surface area contributed by atoms with Crippen LogP contribution in [-0.2, 0) is 4.79 Å². The van der Waals surface area contributed by atoms with Crippen LogP contribution >= 0.6 is 11.6 Å². The Morgan fingerprint density at radius 1 is 1.56 bits per heavy atom. The molecule has 2 rings (SSSR count). The van der Waals surface area contributed by atoms with Crippen molar-refractivity contribution in [1.82, 2.24) is 5.32 Å². The van der Waals surface area contributed by atoms with Crippen LogP contribution in [0.1, 0.15) is 12.8 Å². The molecule has 0 spiro atoms. The van der Waals surface area contributed by atoms with Gasteiger partial charge in [0.15, 0.2) is 0 Å². The molecule has 1 unspecified atom stereocenters. The van der Waals surface area contributed by atoms with Crippen LogP contribution in [0.5, 0.6) is 0 Å². The van der Waals surface area contributed by atoms with Crippen LogP contribution in [-0.4, -0.2) is 18.5 Å². The van der Waals surface area contributed by atoms with Crippen molar-refractivity contribution < 1.29 is 9.18 Å². The van der Waals surface area contributed by atoms with Crippen molar-refractivity contribution in [3.05, 3.63) is 29.0 Å². The van der Waals surface area contributed by atoms with E-state index in [0.29, 0.717) is 5.02 Å². The van der Waals surface area contributed by atoms with Gasteiger partial charge in [0.1, 0.15) is 5.82 Å². The number of rotatable bonds is 2. The zero-order valence-corrected chi connectivity index (χ0v) is 9.35. The average Bonchev–Trinajstić information content (AvgIpc) is 2.75. The molecule has 1 amide bonds. The molecule has 1 aromatic carbocycles. The SMILES string of the molecule is O=C(Nc1ccc(Cl)cc1F)C1CCCN1. The van der Waals surface area contributed by atoms with E-state index in [-0.39, 0.29) is 17.6 Å². The molecule has 1 atom stereocenters. The van der Waals surface area contributed by atoms with Crippen LogP contribution in [0.4, 0.5) is 10.1 Å². The summed E-state index contributed by atoms with van der Waals surface area (Å²) >= 11 is 5.62. The Morgan fingerprint density at radius 2 is 2.38 bits per heavy atom. The molecule has 1 aliphatic heterocycles. The van der Waals surface area contributed by atoms with Crippen molar-refractivity contribution in [3.63, 3.8) is 0 Å². The summed E-state index contributed by atoms with van der Waals surface area (Å²) in [4.78, 5) is 11.7. The minimum absolute atomic E-state index is 0.170. The minimum Gasteiger partial charge on any atom is -0.322 e. The third kappa shape index (κ3) is 2.51. The van der Waals surface area contributed by atoms with E-state index in [2.05, 4.69) is 10.6 Å². The lowest BCUT2D eigenvalue weighted by Gasteiger charge is -2.11. The van der Waals surface area contributed by atoms with E-state index in [4.69, 9.17) is 11.6 Å². The largest absolute Gasteiger partial charge is 0.322 e. The van der Waals surface area contributed by atoms with Crippen LogP contribution < -0.4 is 10.6 Å². The Bertz CT molecular complexity index is 405. The second kappa shape index (κ2) is 4.80. The van der Waals surface area contributed by atoms with Gasteiger partial charge in [-0.25, -0.2) is 4.39 Å². The molecule has 2 N–H and O–H groups in total. The standard InChI is InChI=1S/C11H12ClFN2O/c12-7-3-4-9(8(13)6-7)15-11(16)10-2-1-5-14-10/h3-4,6,10,14H,1-2,5H2,(H,15,16). The van der Waals surface area contributed by atoms with Gasteiger partial charge in [0.2, 0.25) is 5.91 Å². The van der Waals surface area contributed by atoms with E-state index in [1.807, 2.05) is 0 Å². The highest BCUT2D eigenvalue weighted by molar-refractivity contribution is 6.30. The maximum Gasteiger partial charge on any atom is 0.241 e. The fraction of sp³-hybridized carbons (Fsp3) is 0.364. The molecule has 0 saturated carbocycles. The Kier molecular flexibility index (Phi) is 3.41. The van der Waals surface area contributed by atoms with Crippen LogP contribution in [0, 0.1) is 5.82 Å². The van der Waals surface area contributed by atoms with Crippen LogP contribution in [0.3, 0.4) is 0 Å². The summed E-state index contributed by atoms with van der Waals surface area (Å²) in [5.41, 5.74) is 0.170. The molecule has 86 valence electrons. The van der Waals surface area contributed by atoms with E-state index in [1.165, 1.54) is 12.1 Å². The van der Waals surface area contributed by atoms with Gasteiger partial charge < -0.3 is 10.6 Å². The van der Waals surface area contributed by atoms with Gasteiger partial charge in [0.25, 0.3) is 0 Å². The van der Waals surface area contributed by atoms with Crippen molar-refractivity contribution in [1.29, 1.82) is 0 Å². The number of hydrogen-bond donors (Lipinski definition) is 2. The summed E-state index contributed by atoms with van der Waals surface area (Å²) in [5, 5.41) is 5.91. The molecular formula is C11H12ClFN2O. The molecule has 0 bridgehead atoms. The Morgan fingerprint density at radius 3 is 3.00 bits per heavy atom.